The third-order valence-corrected chi connectivity index (χ3v) is 5.32. The topological polar surface area (TPSA) is 12.9 Å². The number of nitrogens with zero attached hydrogens (tertiary/aromatic N) is 1. The lowest BCUT2D eigenvalue weighted by Crippen LogP contribution is -1.88. The van der Waals surface area contributed by atoms with Crippen molar-refractivity contribution in [1.82, 2.24) is 4.98 Å². The Kier molecular flexibility index (Phi) is 5.57. The van der Waals surface area contributed by atoms with E-state index in [9.17, 15) is 0 Å². The summed E-state index contributed by atoms with van der Waals surface area (Å²) in [5, 5.41) is 1.59. The number of rotatable bonds is 5. The molecule has 1 nitrogen and oxygen atoms in total. The SMILES string of the molecule is CCC(=Cc1ccccn1)P(CC)CC. The molecule has 1 heterocycles. The molecule has 1 aromatic heterocycles. The van der Waals surface area contributed by atoms with Crippen LogP contribution in [-0.4, -0.2) is 17.3 Å². The van der Waals surface area contributed by atoms with E-state index in [1.807, 2.05) is 18.3 Å². The zero-order valence-corrected chi connectivity index (χ0v) is 10.8. The van der Waals surface area contributed by atoms with Crippen molar-refractivity contribution in [1.29, 1.82) is 0 Å². The van der Waals surface area contributed by atoms with Crippen LogP contribution in [0.4, 0.5) is 0 Å². The highest BCUT2D eigenvalue weighted by molar-refractivity contribution is 7.62. The van der Waals surface area contributed by atoms with Crippen molar-refractivity contribution in [2.75, 3.05) is 12.3 Å². The van der Waals surface area contributed by atoms with Gasteiger partial charge in [0.2, 0.25) is 0 Å². The molecule has 0 spiro atoms. The molecule has 0 aromatic carbocycles. The molecule has 0 radical (unpaired) electrons. The lowest BCUT2D eigenvalue weighted by Gasteiger charge is -2.16. The third-order valence-electron chi connectivity index (χ3n) is 2.53. The highest BCUT2D eigenvalue weighted by atomic mass is 31.1. The maximum Gasteiger partial charge on any atom is 0.0632 e. The zero-order valence-electron chi connectivity index (χ0n) is 9.90. The summed E-state index contributed by atoms with van der Waals surface area (Å²) in [6.45, 7) is 6.82. The normalized spacial score (nSPS) is 12.1. The Morgan fingerprint density at radius 1 is 1.27 bits per heavy atom. The maximum absolute atomic E-state index is 4.35. The summed E-state index contributed by atoms with van der Waals surface area (Å²) in [5.41, 5.74) is 1.10. The standard InChI is InChI=1S/C13H20NP/c1-4-13(15(5-2)6-3)11-12-9-7-8-10-14-12/h7-11H,4-6H2,1-3H3. The summed E-state index contributed by atoms with van der Waals surface area (Å²) in [7, 11) is 0.0777. The van der Waals surface area contributed by atoms with Crippen molar-refractivity contribution in [3.8, 4) is 0 Å². The first-order valence-electron chi connectivity index (χ1n) is 5.68. The van der Waals surface area contributed by atoms with Crippen LogP contribution >= 0.6 is 7.92 Å². The first-order valence-corrected chi connectivity index (χ1v) is 7.39. The smallest absolute Gasteiger partial charge is 0.0632 e. The van der Waals surface area contributed by atoms with Crippen LogP contribution in [0.5, 0.6) is 0 Å². The van der Waals surface area contributed by atoms with Crippen LogP contribution in [0, 0.1) is 0 Å². The van der Waals surface area contributed by atoms with E-state index in [1.54, 1.807) is 5.31 Å². The minimum Gasteiger partial charge on any atom is -0.257 e. The number of aromatic nitrogens is 1. The predicted molar refractivity (Wildman–Crippen MR) is 70.5 cm³/mol. The van der Waals surface area contributed by atoms with Gasteiger partial charge in [-0.2, -0.15) is 0 Å². The molecule has 0 saturated carbocycles. The summed E-state index contributed by atoms with van der Waals surface area (Å²) in [5.74, 6) is 0. The van der Waals surface area contributed by atoms with Gasteiger partial charge in [0.15, 0.2) is 0 Å². The fourth-order valence-electron chi connectivity index (χ4n) is 1.68. The van der Waals surface area contributed by atoms with Gasteiger partial charge in [-0.25, -0.2) is 0 Å². The summed E-state index contributed by atoms with van der Waals surface area (Å²) >= 11 is 0. The maximum atomic E-state index is 4.35. The van der Waals surface area contributed by atoms with E-state index >= 15 is 0 Å². The Morgan fingerprint density at radius 2 is 2.00 bits per heavy atom. The molecule has 82 valence electrons. The Bertz CT molecular complexity index is 302. The number of allylic oxidation sites excluding steroid dienone is 1. The summed E-state index contributed by atoms with van der Waals surface area (Å²) in [6.07, 6.45) is 7.87. The average molecular weight is 221 g/mol. The highest BCUT2D eigenvalue weighted by Gasteiger charge is 2.07. The number of pyridine rings is 1. The molecule has 0 fully saturated rings. The molecule has 0 unspecified atom stereocenters. The molecular weight excluding hydrogens is 201 g/mol. The van der Waals surface area contributed by atoms with Gasteiger partial charge in [-0.1, -0.05) is 34.8 Å². The van der Waals surface area contributed by atoms with Gasteiger partial charge in [0.05, 0.1) is 5.69 Å². The van der Waals surface area contributed by atoms with Crippen molar-refractivity contribution in [3.05, 3.63) is 35.4 Å². The molecule has 0 saturated heterocycles. The van der Waals surface area contributed by atoms with E-state index in [1.165, 1.54) is 12.3 Å². The molecule has 0 aliphatic heterocycles. The minimum absolute atomic E-state index is 0.0777. The van der Waals surface area contributed by atoms with Gasteiger partial charge in [0.25, 0.3) is 0 Å². The molecule has 0 N–H and O–H groups in total. The van der Waals surface area contributed by atoms with Crippen LogP contribution < -0.4 is 0 Å². The predicted octanol–water partition coefficient (Wildman–Crippen LogP) is 4.35. The second-order valence-electron chi connectivity index (χ2n) is 3.42. The van der Waals surface area contributed by atoms with Gasteiger partial charge < -0.3 is 0 Å². The summed E-state index contributed by atoms with van der Waals surface area (Å²) < 4.78 is 0. The Morgan fingerprint density at radius 3 is 2.47 bits per heavy atom. The van der Waals surface area contributed by atoms with Gasteiger partial charge in [-0.15, -0.1) is 0 Å². The molecule has 0 aliphatic rings. The first kappa shape index (κ1) is 12.4. The zero-order chi connectivity index (χ0) is 11.1. The quantitative estimate of drug-likeness (QED) is 0.673. The lowest BCUT2D eigenvalue weighted by molar-refractivity contribution is 1.18. The largest absolute Gasteiger partial charge is 0.257 e. The van der Waals surface area contributed by atoms with E-state index in [4.69, 9.17) is 0 Å². The van der Waals surface area contributed by atoms with Gasteiger partial charge >= 0.3 is 0 Å². The van der Waals surface area contributed by atoms with Crippen LogP contribution in [0.3, 0.4) is 0 Å². The van der Waals surface area contributed by atoms with Gasteiger partial charge in [0, 0.05) is 6.20 Å². The summed E-state index contributed by atoms with van der Waals surface area (Å²) in [4.78, 5) is 4.35. The fraction of sp³-hybridized carbons (Fsp3) is 0.462. The second-order valence-corrected chi connectivity index (χ2v) is 6.34. The minimum atomic E-state index is 0.0777. The van der Waals surface area contributed by atoms with Gasteiger partial charge in [0.1, 0.15) is 0 Å². The van der Waals surface area contributed by atoms with E-state index in [-0.39, 0.29) is 7.92 Å². The van der Waals surface area contributed by atoms with E-state index in [0.717, 1.165) is 12.1 Å². The Hall–Kier alpha value is -0.680. The highest BCUT2D eigenvalue weighted by Crippen LogP contribution is 2.46. The Balaban J connectivity index is 2.86. The second kappa shape index (κ2) is 6.74. The molecule has 0 aliphatic carbocycles. The van der Waals surface area contributed by atoms with Gasteiger partial charge in [-0.05, 0) is 42.3 Å². The van der Waals surface area contributed by atoms with E-state index in [0.29, 0.717) is 0 Å². The monoisotopic (exact) mass is 221 g/mol. The molecule has 0 bridgehead atoms. The van der Waals surface area contributed by atoms with Gasteiger partial charge in [-0.3, -0.25) is 4.98 Å². The van der Waals surface area contributed by atoms with Crippen LogP contribution in [0.15, 0.2) is 29.7 Å². The van der Waals surface area contributed by atoms with Crippen LogP contribution in [-0.2, 0) is 0 Å². The van der Waals surface area contributed by atoms with Crippen LogP contribution in [0.1, 0.15) is 32.9 Å². The van der Waals surface area contributed by atoms with Crippen molar-refractivity contribution < 1.29 is 0 Å². The Labute approximate surface area is 94.4 Å². The van der Waals surface area contributed by atoms with Crippen molar-refractivity contribution in [2.45, 2.75) is 27.2 Å². The number of hydrogen-bond donors (Lipinski definition) is 0. The van der Waals surface area contributed by atoms with Crippen LogP contribution in [0.25, 0.3) is 6.08 Å². The molecule has 15 heavy (non-hydrogen) atoms. The van der Waals surface area contributed by atoms with Crippen LogP contribution in [0.2, 0.25) is 0 Å². The molecule has 0 amide bonds. The van der Waals surface area contributed by atoms with Crippen molar-refractivity contribution in [3.63, 3.8) is 0 Å². The lowest BCUT2D eigenvalue weighted by atomic mass is 10.3. The molecular formula is C13H20NP. The van der Waals surface area contributed by atoms with E-state index < -0.39 is 0 Å². The third kappa shape index (κ3) is 3.76. The molecule has 0 atom stereocenters. The van der Waals surface area contributed by atoms with Crippen molar-refractivity contribution >= 4 is 14.0 Å². The van der Waals surface area contributed by atoms with E-state index in [2.05, 4.69) is 37.9 Å². The number of hydrogen-bond acceptors (Lipinski definition) is 1. The molecule has 1 aromatic rings. The van der Waals surface area contributed by atoms with Crippen molar-refractivity contribution in [2.24, 2.45) is 0 Å². The molecule has 1 rings (SSSR count). The average Bonchev–Trinajstić information content (AvgIpc) is 2.30. The molecule has 2 heteroatoms. The summed E-state index contributed by atoms with van der Waals surface area (Å²) in [6, 6.07) is 6.09. The first-order chi connectivity index (χ1) is 7.31. The fourth-order valence-corrected chi connectivity index (χ4v) is 3.70.